The number of aliphatic hydroxyl groups excluding tert-OH is 1. The van der Waals surface area contributed by atoms with Gasteiger partial charge in [0.1, 0.15) is 5.76 Å². The minimum atomic E-state index is -1.22. The van der Waals surface area contributed by atoms with Crippen LogP contribution in [0.25, 0.3) is 5.76 Å². The molecule has 1 unspecified atom stereocenters. The third-order valence-electron chi connectivity index (χ3n) is 5.78. The number of carbonyl (C=O) groups is 2. The molecule has 6 nitrogen and oxygen atoms in total. The molecular weight excluding hydrogens is 444 g/mol. The van der Waals surface area contributed by atoms with Gasteiger partial charge in [-0.05, 0) is 41.8 Å². The smallest absolute Gasteiger partial charge is 0.300 e. The van der Waals surface area contributed by atoms with E-state index in [0.29, 0.717) is 5.56 Å². The molecule has 4 rings (SSSR count). The SMILES string of the molecule is CCc1ccc(/C(O)=C2\C(=O)C(=O)N(c3ccc(F)c(F)c3)C2c2ccc(OC)c(O)c2)cc1. The first-order valence-corrected chi connectivity index (χ1v) is 10.5. The average molecular weight is 465 g/mol. The maximum absolute atomic E-state index is 14.0. The van der Waals surface area contributed by atoms with Gasteiger partial charge >= 0.3 is 0 Å². The third-order valence-corrected chi connectivity index (χ3v) is 5.78. The molecule has 0 saturated carbocycles. The molecule has 0 bridgehead atoms. The van der Waals surface area contributed by atoms with Crippen LogP contribution in [-0.4, -0.2) is 29.0 Å². The van der Waals surface area contributed by atoms with Crippen molar-refractivity contribution in [2.24, 2.45) is 0 Å². The van der Waals surface area contributed by atoms with E-state index in [1.54, 1.807) is 24.3 Å². The number of aromatic hydroxyl groups is 1. The molecule has 1 fully saturated rings. The molecule has 1 aliphatic heterocycles. The number of phenolic OH excluding ortho intramolecular Hbond substituents is 1. The van der Waals surface area contributed by atoms with Crippen molar-refractivity contribution in [3.8, 4) is 11.5 Å². The molecular formula is C26H21F2NO5. The quantitative estimate of drug-likeness (QED) is 0.319. The van der Waals surface area contributed by atoms with E-state index >= 15 is 0 Å². The highest BCUT2D eigenvalue weighted by atomic mass is 19.2. The third kappa shape index (κ3) is 3.87. The summed E-state index contributed by atoms with van der Waals surface area (Å²) in [5.41, 5.74) is 1.25. The Morgan fingerprint density at radius 2 is 1.71 bits per heavy atom. The summed E-state index contributed by atoms with van der Waals surface area (Å²) in [7, 11) is 1.36. The number of rotatable bonds is 5. The van der Waals surface area contributed by atoms with Crippen LogP contribution in [0.4, 0.5) is 14.5 Å². The Morgan fingerprint density at radius 3 is 2.29 bits per heavy atom. The van der Waals surface area contributed by atoms with Gasteiger partial charge in [-0.25, -0.2) is 8.78 Å². The van der Waals surface area contributed by atoms with Gasteiger partial charge in [-0.15, -0.1) is 0 Å². The number of aliphatic hydroxyl groups is 1. The standard InChI is InChI=1S/C26H21F2NO5/c1-3-14-4-6-15(7-5-14)24(31)22-23(16-8-11-21(34-2)20(30)12-16)29(26(33)25(22)32)17-9-10-18(27)19(28)13-17/h4-13,23,30-31H,3H2,1-2H3/b24-22+. The Morgan fingerprint density at radius 1 is 1.00 bits per heavy atom. The second kappa shape index (κ2) is 8.97. The van der Waals surface area contributed by atoms with Crippen LogP contribution < -0.4 is 9.64 Å². The van der Waals surface area contributed by atoms with E-state index < -0.39 is 35.1 Å². The summed E-state index contributed by atoms with van der Waals surface area (Å²) in [5, 5.41) is 21.4. The minimum Gasteiger partial charge on any atom is -0.507 e. The molecule has 3 aromatic rings. The number of carbonyl (C=O) groups excluding carboxylic acids is 2. The van der Waals surface area contributed by atoms with Crippen LogP contribution in [0.3, 0.4) is 0 Å². The molecule has 1 aliphatic rings. The molecule has 1 heterocycles. The van der Waals surface area contributed by atoms with Crippen LogP contribution >= 0.6 is 0 Å². The number of anilines is 1. The van der Waals surface area contributed by atoms with E-state index in [1.807, 2.05) is 6.92 Å². The van der Waals surface area contributed by atoms with E-state index in [0.717, 1.165) is 35.1 Å². The summed E-state index contributed by atoms with van der Waals surface area (Å²) in [4.78, 5) is 27.1. The normalized spacial score (nSPS) is 17.3. The van der Waals surface area contributed by atoms with E-state index in [-0.39, 0.29) is 28.3 Å². The van der Waals surface area contributed by atoms with Crippen molar-refractivity contribution in [1.82, 2.24) is 0 Å². The van der Waals surface area contributed by atoms with Crippen LogP contribution in [0.5, 0.6) is 11.5 Å². The molecule has 2 N–H and O–H groups in total. The molecule has 0 aliphatic carbocycles. The van der Waals surface area contributed by atoms with Crippen molar-refractivity contribution in [3.05, 3.63) is 94.6 Å². The van der Waals surface area contributed by atoms with Crippen LogP contribution in [0.2, 0.25) is 0 Å². The van der Waals surface area contributed by atoms with Gasteiger partial charge in [0, 0.05) is 17.3 Å². The van der Waals surface area contributed by atoms with Gasteiger partial charge in [0.15, 0.2) is 23.1 Å². The Hall–Kier alpha value is -4.20. The van der Waals surface area contributed by atoms with Gasteiger partial charge in [-0.1, -0.05) is 37.3 Å². The number of hydrogen-bond acceptors (Lipinski definition) is 5. The minimum absolute atomic E-state index is 0.0818. The number of amides is 1. The maximum Gasteiger partial charge on any atom is 0.300 e. The number of ether oxygens (including phenoxy) is 1. The Bertz CT molecular complexity index is 1320. The van der Waals surface area contributed by atoms with Crippen molar-refractivity contribution in [2.75, 3.05) is 12.0 Å². The summed E-state index contributed by atoms with van der Waals surface area (Å²) in [6.45, 7) is 1.97. The largest absolute Gasteiger partial charge is 0.507 e. The fraction of sp³-hybridized carbons (Fsp3) is 0.154. The zero-order valence-corrected chi connectivity index (χ0v) is 18.4. The number of Topliss-reactive ketones (excluding diaryl/α,β-unsaturated/α-hetero) is 1. The van der Waals surface area contributed by atoms with Crippen molar-refractivity contribution in [1.29, 1.82) is 0 Å². The highest BCUT2D eigenvalue weighted by Gasteiger charge is 2.47. The lowest BCUT2D eigenvalue weighted by molar-refractivity contribution is -0.132. The predicted octanol–water partition coefficient (Wildman–Crippen LogP) is 4.87. The van der Waals surface area contributed by atoms with E-state index in [4.69, 9.17) is 4.74 Å². The summed E-state index contributed by atoms with van der Waals surface area (Å²) >= 11 is 0. The number of hydrogen-bond donors (Lipinski definition) is 2. The number of nitrogens with zero attached hydrogens (tertiary/aromatic N) is 1. The van der Waals surface area contributed by atoms with Crippen LogP contribution in [0.1, 0.15) is 29.7 Å². The molecule has 1 atom stereocenters. The lowest BCUT2D eigenvalue weighted by Crippen LogP contribution is -2.29. The zero-order chi connectivity index (χ0) is 24.6. The summed E-state index contributed by atoms with van der Waals surface area (Å²) in [6.07, 6.45) is 0.771. The maximum atomic E-state index is 14.0. The summed E-state index contributed by atoms with van der Waals surface area (Å²) in [5.74, 6) is -4.88. The fourth-order valence-electron chi connectivity index (χ4n) is 3.98. The molecule has 1 amide bonds. The molecule has 174 valence electrons. The van der Waals surface area contributed by atoms with Gasteiger partial charge in [0.05, 0.1) is 18.7 Å². The molecule has 0 spiro atoms. The van der Waals surface area contributed by atoms with Gasteiger partial charge in [-0.3, -0.25) is 14.5 Å². The van der Waals surface area contributed by atoms with E-state index in [1.165, 1.54) is 25.3 Å². The molecule has 1 saturated heterocycles. The lowest BCUT2D eigenvalue weighted by Gasteiger charge is -2.26. The average Bonchev–Trinajstić information content (AvgIpc) is 3.10. The first-order chi connectivity index (χ1) is 16.3. The second-order valence-corrected chi connectivity index (χ2v) is 7.75. The van der Waals surface area contributed by atoms with Gasteiger partial charge in [0.2, 0.25) is 0 Å². The topological polar surface area (TPSA) is 87.1 Å². The van der Waals surface area contributed by atoms with Crippen LogP contribution in [-0.2, 0) is 16.0 Å². The number of methoxy groups -OCH3 is 1. The van der Waals surface area contributed by atoms with E-state index in [9.17, 15) is 28.6 Å². The number of halogens is 2. The lowest BCUT2D eigenvalue weighted by atomic mass is 9.94. The Kier molecular flexibility index (Phi) is 6.06. The van der Waals surface area contributed by atoms with Gasteiger partial charge < -0.3 is 14.9 Å². The molecule has 3 aromatic carbocycles. The Balaban J connectivity index is 1.95. The molecule has 8 heteroatoms. The number of phenols is 1. The zero-order valence-electron chi connectivity index (χ0n) is 18.4. The van der Waals surface area contributed by atoms with Gasteiger partial charge in [0.25, 0.3) is 11.7 Å². The van der Waals surface area contributed by atoms with Crippen LogP contribution in [0, 0.1) is 11.6 Å². The van der Waals surface area contributed by atoms with Gasteiger partial charge in [-0.2, -0.15) is 0 Å². The predicted molar refractivity (Wildman–Crippen MR) is 122 cm³/mol. The number of aryl methyl sites for hydroxylation is 1. The summed E-state index contributed by atoms with van der Waals surface area (Å²) < 4.78 is 32.6. The highest BCUT2D eigenvalue weighted by molar-refractivity contribution is 6.51. The molecule has 0 aromatic heterocycles. The fourth-order valence-corrected chi connectivity index (χ4v) is 3.98. The first-order valence-electron chi connectivity index (χ1n) is 10.5. The van der Waals surface area contributed by atoms with Crippen molar-refractivity contribution >= 4 is 23.1 Å². The summed E-state index contributed by atoms with van der Waals surface area (Å²) in [6, 6.07) is 12.6. The van der Waals surface area contributed by atoms with Crippen LogP contribution in [0.15, 0.2) is 66.2 Å². The number of ketones is 1. The highest BCUT2D eigenvalue weighted by Crippen LogP contribution is 2.44. The van der Waals surface area contributed by atoms with Crippen molar-refractivity contribution in [3.63, 3.8) is 0 Å². The van der Waals surface area contributed by atoms with E-state index in [2.05, 4.69) is 0 Å². The second-order valence-electron chi connectivity index (χ2n) is 7.75. The van der Waals surface area contributed by atoms with Crippen molar-refractivity contribution in [2.45, 2.75) is 19.4 Å². The Labute approximate surface area is 194 Å². The first kappa shape index (κ1) is 23.0. The monoisotopic (exact) mass is 465 g/mol. The van der Waals surface area contributed by atoms with Crippen molar-refractivity contribution < 1.29 is 33.3 Å². The number of benzene rings is 3. The molecule has 34 heavy (non-hydrogen) atoms. The molecule has 0 radical (unpaired) electrons.